The number of nitrogens with zero attached hydrogens (tertiary/aromatic N) is 3. The van der Waals surface area contributed by atoms with Gasteiger partial charge in [-0.15, -0.1) is 0 Å². The summed E-state index contributed by atoms with van der Waals surface area (Å²) < 4.78 is 46.4. The quantitative estimate of drug-likeness (QED) is 0.103. The van der Waals surface area contributed by atoms with Gasteiger partial charge in [0.2, 0.25) is 21.8 Å². The number of carbonyl (C=O) groups excluding carboxylic acids is 2. The molecule has 6 aromatic rings. The molecule has 13 heteroatoms. The number of amides is 1. The van der Waals surface area contributed by atoms with E-state index in [-0.39, 0.29) is 36.9 Å². The van der Waals surface area contributed by atoms with Gasteiger partial charge in [0.15, 0.2) is 5.13 Å². The molecule has 1 saturated carbocycles. The molecule has 0 unspecified atom stereocenters. The van der Waals surface area contributed by atoms with Gasteiger partial charge >= 0.3 is 5.97 Å². The number of nitrogens with one attached hydrogen (secondary N) is 1. The van der Waals surface area contributed by atoms with Crippen molar-refractivity contribution in [2.24, 2.45) is 5.92 Å². The minimum atomic E-state index is -4.11. The topological polar surface area (TPSA) is 141 Å². The first-order valence-corrected chi connectivity index (χ1v) is 19.9. The standard InChI is InChI=1S/C40H40N4O7S2/c1-49-36-20-19-34-39(42-36)52-40(41-34)43-38(46)33(23-27-9-5-6-10-27)29-15-17-32(18-16-29)53(47,48)44(25-31-24-30-13-7-8-14-35(30)51-31)22-21-37(45)50-26-28-11-3-2-4-12-28/h2-4,7-8,11-20,24,27,33H,5-6,9-10,21-23,25-26H2,1H3,(H,41,43,46)/t33-/m1/s1. The predicted octanol–water partition coefficient (Wildman–Crippen LogP) is 8.07. The zero-order valence-electron chi connectivity index (χ0n) is 29.3. The fourth-order valence-electron chi connectivity index (χ4n) is 6.75. The van der Waals surface area contributed by atoms with Crippen LogP contribution in [0.3, 0.4) is 0 Å². The van der Waals surface area contributed by atoms with Crippen molar-refractivity contribution < 1.29 is 31.9 Å². The van der Waals surface area contributed by atoms with Gasteiger partial charge < -0.3 is 19.2 Å². The third-order valence-electron chi connectivity index (χ3n) is 9.57. The molecule has 1 N–H and O–H groups in total. The number of hydrogen-bond acceptors (Lipinski definition) is 10. The lowest BCUT2D eigenvalue weighted by Gasteiger charge is -2.23. The molecule has 1 fully saturated rings. The normalized spacial score (nSPS) is 14.2. The highest BCUT2D eigenvalue weighted by Crippen LogP contribution is 2.36. The van der Waals surface area contributed by atoms with Gasteiger partial charge in [0, 0.05) is 18.0 Å². The highest BCUT2D eigenvalue weighted by molar-refractivity contribution is 7.89. The zero-order valence-corrected chi connectivity index (χ0v) is 30.9. The van der Waals surface area contributed by atoms with Gasteiger partial charge in [-0.25, -0.2) is 18.4 Å². The van der Waals surface area contributed by atoms with E-state index in [1.54, 1.807) is 37.4 Å². The fraction of sp³-hybridized carbons (Fsp3) is 0.300. The van der Waals surface area contributed by atoms with Gasteiger partial charge in [-0.3, -0.25) is 9.59 Å². The van der Waals surface area contributed by atoms with Crippen molar-refractivity contribution in [3.63, 3.8) is 0 Å². The van der Waals surface area contributed by atoms with Gasteiger partial charge in [0.25, 0.3) is 0 Å². The van der Waals surface area contributed by atoms with E-state index in [2.05, 4.69) is 15.3 Å². The van der Waals surface area contributed by atoms with E-state index in [0.717, 1.165) is 36.6 Å². The third kappa shape index (κ3) is 8.75. The lowest BCUT2D eigenvalue weighted by Crippen LogP contribution is -2.33. The van der Waals surface area contributed by atoms with Gasteiger partial charge in [-0.05, 0) is 53.8 Å². The fourth-order valence-corrected chi connectivity index (χ4v) is 8.99. The summed E-state index contributed by atoms with van der Waals surface area (Å²) in [6.45, 7) is -0.109. The van der Waals surface area contributed by atoms with Gasteiger partial charge in [0.05, 0.1) is 30.9 Å². The van der Waals surface area contributed by atoms with Crippen LogP contribution in [0.25, 0.3) is 21.3 Å². The Kier molecular flexibility index (Phi) is 11.1. The van der Waals surface area contributed by atoms with Crippen LogP contribution in [-0.4, -0.2) is 48.2 Å². The number of ether oxygens (including phenoxy) is 2. The summed E-state index contributed by atoms with van der Waals surface area (Å²) in [4.78, 5) is 36.4. The lowest BCUT2D eigenvalue weighted by molar-refractivity contribution is -0.145. The molecule has 0 bridgehead atoms. The number of para-hydroxylation sites is 1. The number of furan rings is 1. The Balaban J connectivity index is 1.11. The monoisotopic (exact) mass is 752 g/mol. The molecule has 3 aromatic heterocycles. The Morgan fingerprint density at radius 1 is 0.962 bits per heavy atom. The summed E-state index contributed by atoms with van der Waals surface area (Å²) in [6, 6.07) is 28.6. The summed E-state index contributed by atoms with van der Waals surface area (Å²) in [5.41, 5.74) is 2.84. The van der Waals surface area contributed by atoms with Crippen molar-refractivity contribution in [2.75, 3.05) is 19.0 Å². The molecule has 274 valence electrons. The SMILES string of the molecule is COc1ccc2nc(NC(=O)[C@H](CC3CCCC3)c3ccc(S(=O)(=O)N(CCC(=O)OCc4ccccc4)Cc4cc5ccccc5o4)cc3)sc2n1. The number of esters is 1. The number of benzene rings is 3. The average Bonchev–Trinajstić information content (AvgIpc) is 3.94. The number of sulfonamides is 1. The number of rotatable bonds is 15. The van der Waals surface area contributed by atoms with Crippen LogP contribution in [0.1, 0.15) is 61.3 Å². The second-order valence-corrected chi connectivity index (χ2v) is 16.1. The van der Waals surface area contributed by atoms with Crippen molar-refractivity contribution in [1.29, 1.82) is 0 Å². The maximum atomic E-state index is 14.2. The number of fused-ring (bicyclic) bond motifs is 2. The molecule has 0 aliphatic heterocycles. The van der Waals surface area contributed by atoms with Crippen LogP contribution < -0.4 is 10.1 Å². The minimum Gasteiger partial charge on any atom is -0.481 e. The van der Waals surface area contributed by atoms with Crippen LogP contribution in [0.2, 0.25) is 0 Å². The molecule has 11 nitrogen and oxygen atoms in total. The number of aromatic nitrogens is 2. The summed E-state index contributed by atoms with van der Waals surface area (Å²) >= 11 is 1.27. The van der Waals surface area contributed by atoms with E-state index in [9.17, 15) is 18.0 Å². The molecule has 1 aliphatic carbocycles. The van der Waals surface area contributed by atoms with Crippen LogP contribution in [0.5, 0.6) is 5.88 Å². The third-order valence-corrected chi connectivity index (χ3v) is 12.3. The molecule has 0 saturated heterocycles. The van der Waals surface area contributed by atoms with Crippen molar-refractivity contribution in [2.45, 2.75) is 62.5 Å². The highest BCUT2D eigenvalue weighted by Gasteiger charge is 2.30. The summed E-state index contributed by atoms with van der Waals surface area (Å²) in [7, 11) is -2.57. The second-order valence-electron chi connectivity index (χ2n) is 13.2. The van der Waals surface area contributed by atoms with E-state index in [1.807, 2.05) is 54.6 Å². The Labute approximate surface area is 312 Å². The van der Waals surface area contributed by atoms with E-state index in [1.165, 1.54) is 27.8 Å². The van der Waals surface area contributed by atoms with E-state index >= 15 is 0 Å². The van der Waals surface area contributed by atoms with Crippen LogP contribution in [0.4, 0.5) is 5.13 Å². The summed E-state index contributed by atoms with van der Waals surface area (Å²) in [5.74, 6) is 0.0526. The van der Waals surface area contributed by atoms with Crippen LogP contribution in [0.15, 0.2) is 106 Å². The van der Waals surface area contributed by atoms with Crippen LogP contribution >= 0.6 is 11.3 Å². The van der Waals surface area contributed by atoms with E-state index in [4.69, 9.17) is 13.9 Å². The van der Waals surface area contributed by atoms with Crippen LogP contribution in [0, 0.1) is 5.92 Å². The lowest BCUT2D eigenvalue weighted by atomic mass is 9.87. The van der Waals surface area contributed by atoms with E-state index in [0.29, 0.717) is 50.6 Å². The van der Waals surface area contributed by atoms with Crippen molar-refractivity contribution in [3.05, 3.63) is 114 Å². The molecule has 3 heterocycles. The summed E-state index contributed by atoms with van der Waals surface area (Å²) in [6.07, 6.45) is 4.84. The zero-order chi connectivity index (χ0) is 36.8. The molecule has 0 spiro atoms. The average molecular weight is 753 g/mol. The maximum absolute atomic E-state index is 14.2. The largest absolute Gasteiger partial charge is 0.481 e. The molecule has 1 atom stereocenters. The molecular weight excluding hydrogens is 713 g/mol. The summed E-state index contributed by atoms with van der Waals surface area (Å²) in [5, 5.41) is 4.28. The van der Waals surface area contributed by atoms with Crippen molar-refractivity contribution in [3.8, 4) is 5.88 Å². The van der Waals surface area contributed by atoms with Gasteiger partial charge in [-0.2, -0.15) is 4.31 Å². The highest BCUT2D eigenvalue weighted by atomic mass is 32.2. The first-order valence-electron chi connectivity index (χ1n) is 17.6. The Hall–Kier alpha value is -5.11. The second kappa shape index (κ2) is 16.3. The van der Waals surface area contributed by atoms with Gasteiger partial charge in [-0.1, -0.05) is 97.7 Å². The van der Waals surface area contributed by atoms with Gasteiger partial charge in [0.1, 0.15) is 28.3 Å². The maximum Gasteiger partial charge on any atom is 0.307 e. The number of thiazole rings is 1. The number of methoxy groups -OCH3 is 1. The predicted molar refractivity (Wildman–Crippen MR) is 203 cm³/mol. The van der Waals surface area contributed by atoms with E-state index < -0.39 is 21.9 Å². The molecule has 7 rings (SSSR count). The Morgan fingerprint density at radius 3 is 2.47 bits per heavy atom. The number of anilines is 1. The minimum absolute atomic E-state index is 0.0428. The first-order chi connectivity index (χ1) is 25.7. The Bertz CT molecular complexity index is 2270. The molecule has 1 amide bonds. The van der Waals surface area contributed by atoms with Crippen molar-refractivity contribution in [1.82, 2.24) is 14.3 Å². The number of carbonyl (C=O) groups is 2. The first kappa shape index (κ1) is 36.3. The Morgan fingerprint density at radius 2 is 1.72 bits per heavy atom. The molecule has 53 heavy (non-hydrogen) atoms. The number of pyridine rings is 1. The van der Waals surface area contributed by atoms with Crippen LogP contribution in [-0.2, 0) is 37.5 Å². The number of hydrogen-bond donors (Lipinski definition) is 1. The smallest absolute Gasteiger partial charge is 0.307 e. The molecular formula is C40H40N4O7S2. The van der Waals surface area contributed by atoms with Crippen molar-refractivity contribution >= 4 is 59.7 Å². The molecule has 3 aromatic carbocycles. The molecule has 0 radical (unpaired) electrons. The molecule has 1 aliphatic rings.